The first-order valence-corrected chi connectivity index (χ1v) is 13.7. The number of carboxylic acid groups (broad SMARTS) is 1. The van der Waals surface area contributed by atoms with E-state index in [1.165, 1.54) is 0 Å². The molecule has 1 amide bonds. The third-order valence-electron chi connectivity index (χ3n) is 7.22. The third-order valence-corrected chi connectivity index (χ3v) is 7.63. The molecule has 0 aliphatic carbocycles. The minimum absolute atomic E-state index is 0.0413. The number of carboxylic acids is 1. The fourth-order valence-corrected chi connectivity index (χ4v) is 5.50. The van der Waals surface area contributed by atoms with Crippen LogP contribution in [0.3, 0.4) is 0 Å². The van der Waals surface area contributed by atoms with Crippen molar-refractivity contribution in [2.24, 2.45) is 0 Å². The maximum absolute atomic E-state index is 13.3. The second kappa shape index (κ2) is 12.6. The number of aromatic nitrogens is 3. The van der Waals surface area contributed by atoms with Gasteiger partial charge in [-0.15, -0.1) is 5.10 Å². The van der Waals surface area contributed by atoms with Crippen molar-refractivity contribution in [1.29, 1.82) is 5.41 Å². The lowest BCUT2D eigenvalue weighted by atomic mass is 9.84. The van der Waals surface area contributed by atoms with Gasteiger partial charge in [0.1, 0.15) is 5.69 Å². The molecule has 0 saturated carbocycles. The van der Waals surface area contributed by atoms with Gasteiger partial charge in [0.15, 0.2) is 5.96 Å². The highest BCUT2D eigenvalue weighted by Gasteiger charge is 2.44. The molecule has 2 fully saturated rings. The number of carbonyl (C=O) groups is 2. The summed E-state index contributed by atoms with van der Waals surface area (Å²) in [6.45, 7) is 8.63. The summed E-state index contributed by atoms with van der Waals surface area (Å²) in [7, 11) is 0. The molecule has 228 valence electrons. The Hall–Kier alpha value is -4.23. The predicted molar refractivity (Wildman–Crippen MR) is 153 cm³/mol. The van der Waals surface area contributed by atoms with Gasteiger partial charge in [-0.05, 0) is 37.8 Å². The molecule has 0 radical (unpaired) electrons. The standard InChI is InChI=1S/C27H29ClN6O2.C2HF3O2/c1-17-14-20(12-13-36-17)34-24(35)15-27(3,30-26(34)29)22-11-7-10-21(25(22)28)23-16-33(32-31-23)18(2)19-8-5-4-6-9-19;3-2(4,5)1(6)7/h4-11,16-17,20H,2,12-15H2,1,3H3,(H2,29,30);(H,6,7)/t17-,20-,27-;/m0./s1. The molecule has 2 aliphatic heterocycles. The van der Waals surface area contributed by atoms with E-state index >= 15 is 0 Å². The van der Waals surface area contributed by atoms with Crippen LogP contribution in [0, 0.1) is 5.41 Å². The van der Waals surface area contributed by atoms with Crippen molar-refractivity contribution in [1.82, 2.24) is 25.2 Å². The van der Waals surface area contributed by atoms with Crippen LogP contribution in [-0.2, 0) is 19.9 Å². The van der Waals surface area contributed by atoms with Crippen molar-refractivity contribution in [2.45, 2.75) is 57.0 Å². The van der Waals surface area contributed by atoms with Gasteiger partial charge >= 0.3 is 12.1 Å². The fraction of sp³-hybridized carbons (Fsp3) is 0.345. The van der Waals surface area contributed by atoms with E-state index in [1.807, 2.05) is 62.4 Å². The van der Waals surface area contributed by atoms with Crippen molar-refractivity contribution in [3.63, 3.8) is 0 Å². The van der Waals surface area contributed by atoms with Gasteiger partial charge in [0.05, 0.1) is 35.0 Å². The van der Waals surface area contributed by atoms with Crippen molar-refractivity contribution < 1.29 is 32.6 Å². The number of carbonyl (C=O) groups excluding carboxylic acids is 1. The van der Waals surface area contributed by atoms with Crippen molar-refractivity contribution in [3.8, 4) is 11.3 Å². The molecule has 3 aromatic rings. The Morgan fingerprint density at radius 2 is 1.91 bits per heavy atom. The Bertz CT molecular complexity index is 1510. The van der Waals surface area contributed by atoms with Crippen LogP contribution < -0.4 is 5.32 Å². The summed E-state index contributed by atoms with van der Waals surface area (Å²) in [5, 5.41) is 28.1. The number of benzene rings is 2. The number of guanidine groups is 1. The molecule has 0 unspecified atom stereocenters. The summed E-state index contributed by atoms with van der Waals surface area (Å²) in [6.07, 6.45) is -1.61. The van der Waals surface area contributed by atoms with Gasteiger partial charge in [-0.2, -0.15) is 13.2 Å². The number of hydrogen-bond donors (Lipinski definition) is 3. The van der Waals surface area contributed by atoms with Crippen molar-refractivity contribution in [3.05, 3.63) is 77.5 Å². The number of ether oxygens (including phenoxy) is 1. The molecule has 5 rings (SSSR count). The van der Waals surface area contributed by atoms with E-state index in [-0.39, 0.29) is 30.4 Å². The summed E-state index contributed by atoms with van der Waals surface area (Å²) in [6, 6.07) is 15.4. The Labute approximate surface area is 250 Å². The number of nitrogens with one attached hydrogen (secondary N) is 2. The highest BCUT2D eigenvalue weighted by molar-refractivity contribution is 6.34. The third kappa shape index (κ3) is 7.05. The van der Waals surface area contributed by atoms with Gasteiger partial charge in [0.2, 0.25) is 5.91 Å². The summed E-state index contributed by atoms with van der Waals surface area (Å²) in [4.78, 5) is 23.8. The molecule has 2 aliphatic rings. The summed E-state index contributed by atoms with van der Waals surface area (Å²) in [5.74, 6) is -2.75. The molecular formula is C29H30ClF3N6O4. The monoisotopic (exact) mass is 618 g/mol. The average Bonchev–Trinajstić information content (AvgIpc) is 3.43. The Balaban J connectivity index is 0.000000541. The quantitative estimate of drug-likeness (QED) is 0.354. The lowest BCUT2D eigenvalue weighted by Gasteiger charge is -2.45. The first kappa shape index (κ1) is 31.7. The minimum atomic E-state index is -5.08. The predicted octanol–water partition coefficient (Wildman–Crippen LogP) is 5.29. The van der Waals surface area contributed by atoms with E-state index in [4.69, 9.17) is 31.6 Å². The van der Waals surface area contributed by atoms with Crippen LogP contribution in [0.5, 0.6) is 0 Å². The van der Waals surface area contributed by atoms with Gasteiger partial charge in [-0.1, -0.05) is 71.9 Å². The lowest BCUT2D eigenvalue weighted by Crippen LogP contribution is -2.63. The van der Waals surface area contributed by atoms with Crippen molar-refractivity contribution >= 4 is 35.1 Å². The van der Waals surface area contributed by atoms with Gasteiger partial charge in [-0.25, -0.2) is 9.48 Å². The van der Waals surface area contributed by atoms with Crippen LogP contribution in [0.1, 0.15) is 44.2 Å². The van der Waals surface area contributed by atoms with Crippen LogP contribution in [0.2, 0.25) is 5.02 Å². The number of hydrogen-bond acceptors (Lipinski definition) is 6. The van der Waals surface area contributed by atoms with E-state index in [1.54, 1.807) is 15.8 Å². The van der Waals surface area contributed by atoms with Gasteiger partial charge in [0.25, 0.3) is 0 Å². The number of alkyl halides is 3. The van der Waals surface area contributed by atoms with E-state index in [0.29, 0.717) is 35.0 Å². The van der Waals surface area contributed by atoms with Gasteiger partial charge in [0, 0.05) is 18.2 Å². The molecule has 1 aromatic heterocycles. The molecule has 43 heavy (non-hydrogen) atoms. The number of nitrogens with zero attached hydrogens (tertiary/aromatic N) is 4. The maximum atomic E-state index is 13.3. The number of aliphatic carboxylic acids is 1. The molecule has 0 spiro atoms. The van der Waals surface area contributed by atoms with Crippen LogP contribution in [0.4, 0.5) is 13.2 Å². The van der Waals surface area contributed by atoms with Crippen LogP contribution in [0.15, 0.2) is 61.3 Å². The topological polar surface area (TPSA) is 133 Å². The van der Waals surface area contributed by atoms with Gasteiger partial charge < -0.3 is 15.2 Å². The van der Waals surface area contributed by atoms with Crippen molar-refractivity contribution in [2.75, 3.05) is 6.61 Å². The second-order valence-corrected chi connectivity index (χ2v) is 10.8. The fourth-order valence-electron chi connectivity index (χ4n) is 5.07. The minimum Gasteiger partial charge on any atom is -0.475 e. The Kier molecular flexibility index (Phi) is 9.26. The van der Waals surface area contributed by atoms with Crippen LogP contribution >= 0.6 is 11.6 Å². The molecule has 0 bridgehead atoms. The summed E-state index contributed by atoms with van der Waals surface area (Å²) in [5.41, 5.74) is 2.83. The largest absolute Gasteiger partial charge is 0.490 e. The van der Waals surface area contributed by atoms with E-state index in [0.717, 1.165) is 17.5 Å². The summed E-state index contributed by atoms with van der Waals surface area (Å²) < 4.78 is 39.0. The Morgan fingerprint density at radius 3 is 2.51 bits per heavy atom. The zero-order chi connectivity index (χ0) is 31.5. The zero-order valence-electron chi connectivity index (χ0n) is 23.4. The molecule has 3 N–H and O–H groups in total. The van der Waals surface area contributed by atoms with E-state index < -0.39 is 17.7 Å². The molecule has 3 atom stereocenters. The number of amides is 1. The smallest absolute Gasteiger partial charge is 0.475 e. The number of rotatable bonds is 5. The molecule has 2 aromatic carbocycles. The SMILES string of the molecule is C=C(c1ccccc1)n1cc(-c2cccc([C@]3(C)CC(=O)N([C@H]4CCO[C@@H](C)C4)C(=N)N3)c2Cl)nn1.O=C(O)C(F)(F)F. The summed E-state index contributed by atoms with van der Waals surface area (Å²) >= 11 is 6.92. The highest BCUT2D eigenvalue weighted by atomic mass is 35.5. The van der Waals surface area contributed by atoms with E-state index in [9.17, 15) is 18.0 Å². The molecule has 3 heterocycles. The lowest BCUT2D eigenvalue weighted by molar-refractivity contribution is -0.192. The molecule has 14 heteroatoms. The normalized spacial score (nSPS) is 22.3. The zero-order valence-corrected chi connectivity index (χ0v) is 24.1. The van der Waals surface area contributed by atoms with Crippen LogP contribution in [-0.4, -0.2) is 67.8 Å². The first-order chi connectivity index (χ1) is 20.2. The highest BCUT2D eigenvalue weighted by Crippen LogP contribution is 2.39. The van der Waals surface area contributed by atoms with Gasteiger partial charge in [-0.3, -0.25) is 15.1 Å². The number of halogens is 4. The van der Waals surface area contributed by atoms with E-state index in [2.05, 4.69) is 22.2 Å². The molecule has 2 saturated heterocycles. The Morgan fingerprint density at radius 1 is 1.23 bits per heavy atom. The average molecular weight is 619 g/mol. The molecule has 10 nitrogen and oxygen atoms in total. The molecular weight excluding hydrogens is 589 g/mol. The second-order valence-electron chi connectivity index (χ2n) is 10.4. The first-order valence-electron chi connectivity index (χ1n) is 13.3. The maximum Gasteiger partial charge on any atom is 0.490 e. The van der Waals surface area contributed by atoms with Crippen LogP contribution in [0.25, 0.3) is 17.0 Å².